The molecule has 0 amide bonds. The molecule has 0 aliphatic carbocycles. The highest BCUT2D eigenvalue weighted by atomic mass is 19.1. The van der Waals surface area contributed by atoms with Gasteiger partial charge in [-0.25, -0.2) is 4.39 Å². The van der Waals surface area contributed by atoms with Crippen molar-refractivity contribution in [3.63, 3.8) is 0 Å². The van der Waals surface area contributed by atoms with Crippen LogP contribution in [0.15, 0.2) is 84.9 Å². The predicted molar refractivity (Wildman–Crippen MR) is 115 cm³/mol. The second-order valence-electron chi connectivity index (χ2n) is 7.13. The minimum absolute atomic E-state index is 0.230. The van der Waals surface area contributed by atoms with Gasteiger partial charge in [0.15, 0.2) is 0 Å². The van der Waals surface area contributed by atoms with Crippen molar-refractivity contribution in [3.8, 4) is 28.0 Å². The molecule has 0 aliphatic heterocycles. The van der Waals surface area contributed by atoms with Crippen molar-refractivity contribution >= 4 is 0 Å². The average molecular weight is 383 g/mol. The zero-order valence-electron chi connectivity index (χ0n) is 16.5. The first-order valence-corrected chi connectivity index (χ1v) is 9.61. The van der Waals surface area contributed by atoms with Gasteiger partial charge in [-0.2, -0.15) is 0 Å². The third-order valence-electron chi connectivity index (χ3n) is 4.78. The summed E-state index contributed by atoms with van der Waals surface area (Å²) in [5, 5.41) is 0. The molecule has 0 aliphatic rings. The molecule has 0 bridgehead atoms. The molecule has 0 radical (unpaired) electrons. The molecule has 3 aromatic carbocycles. The van der Waals surface area contributed by atoms with Crippen molar-refractivity contribution in [2.24, 2.45) is 0 Å². The number of nitrogens with zero attached hydrogens (tertiary/aromatic N) is 1. The highest BCUT2D eigenvalue weighted by Gasteiger charge is 2.08. The van der Waals surface area contributed by atoms with Gasteiger partial charge >= 0.3 is 0 Å². The van der Waals surface area contributed by atoms with Crippen molar-refractivity contribution < 1.29 is 9.13 Å². The van der Waals surface area contributed by atoms with Crippen LogP contribution in [0, 0.1) is 19.7 Å². The molecule has 0 saturated heterocycles. The van der Waals surface area contributed by atoms with Gasteiger partial charge in [-0.3, -0.25) is 4.98 Å². The second kappa shape index (κ2) is 8.27. The molecule has 2 nitrogen and oxygen atoms in total. The Balaban J connectivity index is 1.57. The van der Waals surface area contributed by atoms with Crippen LogP contribution in [-0.4, -0.2) is 4.98 Å². The summed E-state index contributed by atoms with van der Waals surface area (Å²) in [5.41, 5.74) is 7.02. The van der Waals surface area contributed by atoms with Crippen LogP contribution in [0.2, 0.25) is 0 Å². The quantitative estimate of drug-likeness (QED) is 0.380. The van der Waals surface area contributed by atoms with E-state index in [0.717, 1.165) is 45.0 Å². The first-order chi connectivity index (χ1) is 14.1. The van der Waals surface area contributed by atoms with Gasteiger partial charge in [0.05, 0.1) is 0 Å². The molecule has 1 heterocycles. The first-order valence-electron chi connectivity index (χ1n) is 9.61. The van der Waals surface area contributed by atoms with E-state index in [2.05, 4.69) is 11.1 Å². The van der Waals surface area contributed by atoms with Crippen molar-refractivity contribution in [1.29, 1.82) is 0 Å². The molecular weight excluding hydrogens is 361 g/mol. The van der Waals surface area contributed by atoms with Crippen molar-refractivity contribution in [2.75, 3.05) is 0 Å². The summed E-state index contributed by atoms with van der Waals surface area (Å²) in [6.07, 6.45) is 0. The summed E-state index contributed by atoms with van der Waals surface area (Å²) in [6, 6.07) is 26.9. The minimum atomic E-state index is -0.230. The topological polar surface area (TPSA) is 22.1 Å². The minimum Gasteiger partial charge on any atom is -0.488 e. The first kappa shape index (κ1) is 18.9. The van der Waals surface area contributed by atoms with Crippen LogP contribution >= 0.6 is 0 Å². The van der Waals surface area contributed by atoms with Gasteiger partial charge in [0, 0.05) is 17.0 Å². The number of halogens is 1. The number of para-hydroxylation sites is 1. The molecule has 0 atom stereocenters. The molecule has 0 N–H and O–H groups in total. The normalized spacial score (nSPS) is 10.7. The van der Waals surface area contributed by atoms with Gasteiger partial charge in [0.25, 0.3) is 0 Å². The second-order valence-corrected chi connectivity index (χ2v) is 7.13. The van der Waals surface area contributed by atoms with Crippen LogP contribution in [0.4, 0.5) is 4.39 Å². The van der Waals surface area contributed by atoms with E-state index >= 15 is 0 Å². The summed E-state index contributed by atoms with van der Waals surface area (Å²) >= 11 is 0. The number of aromatic nitrogens is 1. The van der Waals surface area contributed by atoms with Gasteiger partial charge in [-0.05, 0) is 66.4 Å². The summed E-state index contributed by atoms with van der Waals surface area (Å²) in [6.45, 7) is 4.47. The van der Waals surface area contributed by atoms with Crippen molar-refractivity contribution in [3.05, 3.63) is 108 Å². The molecule has 0 saturated carbocycles. The summed E-state index contributed by atoms with van der Waals surface area (Å²) < 4.78 is 19.6. The number of rotatable bonds is 5. The fraction of sp³-hybridized carbons (Fsp3) is 0.115. The Labute approximate surface area is 170 Å². The summed E-state index contributed by atoms with van der Waals surface area (Å²) in [4.78, 5) is 4.41. The molecule has 1 aromatic heterocycles. The van der Waals surface area contributed by atoms with Crippen molar-refractivity contribution in [2.45, 2.75) is 20.5 Å². The smallest absolute Gasteiger partial charge is 0.127 e. The maximum atomic E-state index is 13.5. The standard InChI is InChI=1S/C26H22FNO/c1-18-14-20(15-19(2)28-18)17-29-26-9-4-3-8-25(26)22-12-10-21(11-13-22)23-6-5-7-24(27)16-23/h3-16H,17H2,1-2H3. The molecule has 4 rings (SSSR count). The molecule has 29 heavy (non-hydrogen) atoms. The van der Waals surface area contributed by atoms with Crippen molar-refractivity contribution in [1.82, 2.24) is 4.98 Å². The predicted octanol–water partition coefficient (Wildman–Crippen LogP) is 6.75. The summed E-state index contributed by atoms with van der Waals surface area (Å²) in [5.74, 6) is 0.602. The highest BCUT2D eigenvalue weighted by molar-refractivity contribution is 5.74. The number of ether oxygens (including phenoxy) is 1. The lowest BCUT2D eigenvalue weighted by Crippen LogP contribution is -1.99. The lowest BCUT2D eigenvalue weighted by Gasteiger charge is -2.13. The van der Waals surface area contributed by atoms with E-state index in [4.69, 9.17) is 4.74 Å². The molecule has 0 unspecified atom stereocenters. The van der Waals surface area contributed by atoms with Gasteiger partial charge < -0.3 is 4.74 Å². The zero-order chi connectivity index (χ0) is 20.2. The molecule has 0 spiro atoms. The van der Waals surface area contributed by atoms with E-state index in [-0.39, 0.29) is 5.82 Å². The monoisotopic (exact) mass is 383 g/mol. The van der Waals surface area contributed by atoms with E-state index in [1.165, 1.54) is 6.07 Å². The fourth-order valence-corrected chi connectivity index (χ4v) is 3.51. The Bertz CT molecular complexity index is 1120. The van der Waals surface area contributed by atoms with Gasteiger partial charge in [0.1, 0.15) is 18.2 Å². The SMILES string of the molecule is Cc1cc(COc2ccccc2-c2ccc(-c3cccc(F)c3)cc2)cc(C)n1. The molecule has 0 fully saturated rings. The van der Waals surface area contributed by atoms with Crippen LogP contribution in [0.5, 0.6) is 5.75 Å². The fourth-order valence-electron chi connectivity index (χ4n) is 3.51. The van der Waals surface area contributed by atoms with Crippen LogP contribution in [-0.2, 0) is 6.61 Å². The van der Waals surface area contributed by atoms with Crippen LogP contribution in [0.3, 0.4) is 0 Å². The van der Waals surface area contributed by atoms with Gasteiger partial charge in [0.2, 0.25) is 0 Å². The number of pyridine rings is 1. The highest BCUT2D eigenvalue weighted by Crippen LogP contribution is 2.32. The third-order valence-corrected chi connectivity index (χ3v) is 4.78. The van der Waals surface area contributed by atoms with Crippen LogP contribution in [0.25, 0.3) is 22.3 Å². The van der Waals surface area contributed by atoms with E-state index in [9.17, 15) is 4.39 Å². The number of hydrogen-bond donors (Lipinski definition) is 0. The Kier molecular flexibility index (Phi) is 5.39. The molecular formula is C26H22FNO. The number of benzene rings is 3. The number of hydrogen-bond acceptors (Lipinski definition) is 2. The lowest BCUT2D eigenvalue weighted by molar-refractivity contribution is 0.307. The van der Waals surface area contributed by atoms with Crippen LogP contribution < -0.4 is 4.74 Å². The number of aryl methyl sites for hydroxylation is 2. The van der Waals surface area contributed by atoms with Crippen LogP contribution in [0.1, 0.15) is 17.0 Å². The Hall–Kier alpha value is -3.46. The van der Waals surface area contributed by atoms with Gasteiger partial charge in [-0.1, -0.05) is 54.6 Å². The Morgan fingerprint density at radius 3 is 2.14 bits per heavy atom. The molecule has 144 valence electrons. The Morgan fingerprint density at radius 1 is 0.724 bits per heavy atom. The zero-order valence-corrected chi connectivity index (χ0v) is 16.5. The summed E-state index contributed by atoms with van der Waals surface area (Å²) in [7, 11) is 0. The Morgan fingerprint density at radius 2 is 1.41 bits per heavy atom. The molecule has 3 heteroatoms. The van der Waals surface area contributed by atoms with E-state index < -0.39 is 0 Å². The van der Waals surface area contributed by atoms with E-state index in [1.54, 1.807) is 12.1 Å². The third kappa shape index (κ3) is 4.52. The van der Waals surface area contributed by atoms with E-state index in [1.807, 2.05) is 74.5 Å². The van der Waals surface area contributed by atoms with Gasteiger partial charge in [-0.15, -0.1) is 0 Å². The molecule has 4 aromatic rings. The average Bonchev–Trinajstić information content (AvgIpc) is 2.72. The maximum absolute atomic E-state index is 13.5. The van der Waals surface area contributed by atoms with E-state index in [0.29, 0.717) is 6.61 Å². The maximum Gasteiger partial charge on any atom is 0.127 e. The largest absolute Gasteiger partial charge is 0.488 e. The lowest BCUT2D eigenvalue weighted by atomic mass is 10.00.